The van der Waals surface area contributed by atoms with E-state index in [1.165, 1.54) is 12.1 Å². The van der Waals surface area contributed by atoms with E-state index in [4.69, 9.17) is 17.0 Å². The van der Waals surface area contributed by atoms with Crippen LogP contribution in [0.1, 0.15) is 5.56 Å². The smallest absolute Gasteiger partial charge is 0.416 e. The molecule has 0 saturated carbocycles. The van der Waals surface area contributed by atoms with Crippen molar-refractivity contribution in [3.63, 3.8) is 0 Å². The molecule has 1 fully saturated rings. The molecular formula is C10H6F3NO2S. The maximum Gasteiger partial charge on any atom is 0.416 e. The molecule has 3 nitrogen and oxygen atoms in total. The van der Waals surface area contributed by atoms with Gasteiger partial charge in [0.2, 0.25) is 0 Å². The van der Waals surface area contributed by atoms with Crippen LogP contribution in [0.2, 0.25) is 0 Å². The van der Waals surface area contributed by atoms with Crippen LogP contribution in [-0.4, -0.2) is 17.7 Å². The number of halogens is 3. The fourth-order valence-electron chi connectivity index (χ4n) is 1.40. The molecule has 90 valence electrons. The van der Waals surface area contributed by atoms with E-state index in [1.54, 1.807) is 0 Å². The van der Waals surface area contributed by atoms with Crippen LogP contribution in [0.3, 0.4) is 0 Å². The Labute approximate surface area is 99.8 Å². The molecule has 7 heteroatoms. The number of alkyl halides is 3. The number of hydrogen-bond donors (Lipinski definition) is 0. The Kier molecular flexibility index (Phi) is 2.78. The Morgan fingerprint density at radius 2 is 1.82 bits per heavy atom. The van der Waals surface area contributed by atoms with E-state index in [9.17, 15) is 18.0 Å². The van der Waals surface area contributed by atoms with Crippen LogP contribution in [0.4, 0.5) is 18.9 Å². The van der Waals surface area contributed by atoms with Crippen molar-refractivity contribution < 1.29 is 22.7 Å². The quantitative estimate of drug-likeness (QED) is 0.727. The predicted molar refractivity (Wildman–Crippen MR) is 57.5 cm³/mol. The first-order valence-corrected chi connectivity index (χ1v) is 4.97. The highest BCUT2D eigenvalue weighted by atomic mass is 32.1. The number of carbonyl (C=O) groups excluding carboxylic acids is 1. The van der Waals surface area contributed by atoms with Gasteiger partial charge >= 0.3 is 6.18 Å². The Balaban J connectivity index is 2.30. The van der Waals surface area contributed by atoms with Gasteiger partial charge in [-0.25, -0.2) is 4.90 Å². The number of hydrogen-bond acceptors (Lipinski definition) is 3. The van der Waals surface area contributed by atoms with Crippen molar-refractivity contribution >= 4 is 29.0 Å². The van der Waals surface area contributed by atoms with Gasteiger partial charge in [0.25, 0.3) is 11.1 Å². The molecule has 2 rings (SSSR count). The number of thiocarbonyl (C=S) groups is 1. The molecule has 1 aromatic rings. The van der Waals surface area contributed by atoms with Crippen LogP contribution in [0.15, 0.2) is 24.3 Å². The lowest BCUT2D eigenvalue weighted by Gasteiger charge is -2.14. The molecule has 0 aliphatic carbocycles. The van der Waals surface area contributed by atoms with Gasteiger partial charge in [-0.1, -0.05) is 0 Å². The second kappa shape index (κ2) is 3.99. The van der Waals surface area contributed by atoms with Crippen molar-refractivity contribution in [3.05, 3.63) is 29.8 Å². The molecule has 1 aliphatic heterocycles. The summed E-state index contributed by atoms with van der Waals surface area (Å²) in [4.78, 5) is 12.4. The van der Waals surface area contributed by atoms with Gasteiger partial charge in [0.1, 0.15) is 0 Å². The summed E-state index contributed by atoms with van der Waals surface area (Å²) in [5.74, 6) is -0.394. The minimum absolute atomic E-state index is 0.0465. The molecule has 1 aliphatic rings. The summed E-state index contributed by atoms with van der Waals surface area (Å²) in [5, 5.41) is -0.0465. The van der Waals surface area contributed by atoms with Gasteiger partial charge in [-0.15, -0.1) is 0 Å². The summed E-state index contributed by atoms with van der Waals surface area (Å²) < 4.78 is 41.8. The van der Waals surface area contributed by atoms with Gasteiger partial charge in [-0.05, 0) is 36.5 Å². The predicted octanol–water partition coefficient (Wildman–Crippen LogP) is 2.35. The summed E-state index contributed by atoms with van der Waals surface area (Å²) in [6.07, 6.45) is -4.40. The summed E-state index contributed by atoms with van der Waals surface area (Å²) in [7, 11) is 0. The van der Waals surface area contributed by atoms with Crippen LogP contribution in [0.25, 0.3) is 0 Å². The van der Waals surface area contributed by atoms with Crippen molar-refractivity contribution in [1.29, 1.82) is 0 Å². The third-order valence-electron chi connectivity index (χ3n) is 2.20. The zero-order chi connectivity index (χ0) is 12.6. The highest BCUT2D eigenvalue weighted by molar-refractivity contribution is 7.80. The van der Waals surface area contributed by atoms with E-state index in [0.717, 1.165) is 17.0 Å². The van der Waals surface area contributed by atoms with Crippen molar-refractivity contribution in [1.82, 2.24) is 0 Å². The maximum absolute atomic E-state index is 12.3. The Morgan fingerprint density at radius 3 is 2.24 bits per heavy atom. The second-order valence-electron chi connectivity index (χ2n) is 3.33. The van der Waals surface area contributed by atoms with Crippen LogP contribution in [0.5, 0.6) is 0 Å². The average Bonchev–Trinajstić information content (AvgIpc) is 2.58. The van der Waals surface area contributed by atoms with Gasteiger partial charge < -0.3 is 4.74 Å². The number of carbonyl (C=O) groups is 1. The Morgan fingerprint density at radius 1 is 1.24 bits per heavy atom. The van der Waals surface area contributed by atoms with Crippen LogP contribution >= 0.6 is 12.2 Å². The van der Waals surface area contributed by atoms with E-state index >= 15 is 0 Å². The Hall–Kier alpha value is -1.63. The molecule has 0 aromatic heterocycles. The van der Waals surface area contributed by atoms with Crippen molar-refractivity contribution in [2.75, 3.05) is 11.5 Å². The van der Waals surface area contributed by atoms with Crippen molar-refractivity contribution in [2.24, 2.45) is 0 Å². The normalized spacial score (nSPS) is 16.3. The van der Waals surface area contributed by atoms with Gasteiger partial charge in [0.05, 0.1) is 11.3 Å². The number of benzene rings is 1. The zero-order valence-corrected chi connectivity index (χ0v) is 9.14. The third-order valence-corrected chi connectivity index (χ3v) is 2.50. The maximum atomic E-state index is 12.3. The number of anilines is 1. The number of rotatable bonds is 1. The van der Waals surface area contributed by atoms with E-state index < -0.39 is 17.6 Å². The van der Waals surface area contributed by atoms with E-state index in [1.807, 2.05) is 0 Å². The highest BCUT2D eigenvalue weighted by Gasteiger charge is 2.32. The first kappa shape index (κ1) is 11.8. The molecule has 0 radical (unpaired) electrons. The number of amides is 1. The van der Waals surface area contributed by atoms with E-state index in [2.05, 4.69) is 0 Å². The minimum atomic E-state index is -4.40. The monoisotopic (exact) mass is 261 g/mol. The van der Waals surface area contributed by atoms with Gasteiger partial charge in [0, 0.05) is 0 Å². The molecular weight excluding hydrogens is 255 g/mol. The van der Waals surface area contributed by atoms with Gasteiger partial charge in [-0.3, -0.25) is 4.79 Å². The molecule has 0 unspecified atom stereocenters. The standard InChI is InChI=1S/C10H6F3NO2S/c11-10(12,13)6-1-3-7(4-2-6)14-8(15)5-16-9(14)17/h1-4H,5H2. The van der Waals surface area contributed by atoms with Crippen LogP contribution < -0.4 is 4.90 Å². The largest absolute Gasteiger partial charge is 0.460 e. The summed E-state index contributed by atoms with van der Waals surface area (Å²) in [6.45, 7) is -0.181. The van der Waals surface area contributed by atoms with Crippen LogP contribution in [0, 0.1) is 0 Å². The third kappa shape index (κ3) is 2.23. The summed E-state index contributed by atoms with van der Waals surface area (Å²) in [5.41, 5.74) is -0.509. The number of nitrogens with zero attached hydrogens (tertiary/aromatic N) is 1. The fraction of sp³-hybridized carbons (Fsp3) is 0.200. The lowest BCUT2D eigenvalue weighted by atomic mass is 10.2. The second-order valence-corrected chi connectivity index (χ2v) is 3.68. The van der Waals surface area contributed by atoms with E-state index in [0.29, 0.717) is 0 Å². The van der Waals surface area contributed by atoms with Gasteiger partial charge in [0.15, 0.2) is 6.61 Å². The first-order chi connectivity index (χ1) is 7.89. The molecule has 0 N–H and O–H groups in total. The summed E-state index contributed by atoms with van der Waals surface area (Å²) in [6, 6.07) is 4.15. The average molecular weight is 261 g/mol. The molecule has 0 bridgehead atoms. The van der Waals surface area contributed by atoms with Gasteiger partial charge in [-0.2, -0.15) is 13.2 Å². The topological polar surface area (TPSA) is 29.5 Å². The SMILES string of the molecule is O=C1COC(=S)N1c1ccc(C(F)(F)F)cc1. The highest BCUT2D eigenvalue weighted by Crippen LogP contribution is 2.31. The lowest BCUT2D eigenvalue weighted by molar-refractivity contribution is -0.137. The van der Waals surface area contributed by atoms with Crippen molar-refractivity contribution in [3.8, 4) is 0 Å². The first-order valence-electron chi connectivity index (χ1n) is 4.56. The lowest BCUT2D eigenvalue weighted by Crippen LogP contribution is -2.28. The molecule has 1 heterocycles. The summed E-state index contributed by atoms with van der Waals surface area (Å²) >= 11 is 4.77. The molecule has 17 heavy (non-hydrogen) atoms. The molecule has 0 spiro atoms. The van der Waals surface area contributed by atoms with Crippen molar-refractivity contribution in [2.45, 2.75) is 6.18 Å². The molecule has 1 aromatic carbocycles. The molecule has 0 atom stereocenters. The zero-order valence-electron chi connectivity index (χ0n) is 8.32. The Bertz CT molecular complexity index is 453. The number of ether oxygens (including phenoxy) is 1. The molecule has 1 saturated heterocycles. The van der Waals surface area contributed by atoms with Crippen LogP contribution in [-0.2, 0) is 15.7 Å². The van der Waals surface area contributed by atoms with E-state index in [-0.39, 0.29) is 17.5 Å². The fourth-order valence-corrected chi connectivity index (χ4v) is 1.67. The molecule has 1 amide bonds. The minimum Gasteiger partial charge on any atom is -0.460 e.